The van der Waals surface area contributed by atoms with Crippen LogP contribution < -0.4 is 0 Å². The Morgan fingerprint density at radius 3 is 2.20 bits per heavy atom. The molecule has 1 aliphatic heterocycles. The van der Waals surface area contributed by atoms with Crippen molar-refractivity contribution >= 4 is 7.75 Å². The first-order valence-corrected chi connectivity index (χ1v) is 6.46. The largest absolute Gasteiger partial charge is 0.407 e. The zero-order valence-corrected chi connectivity index (χ0v) is 10.3. The Morgan fingerprint density at radius 1 is 1.27 bits per heavy atom. The molecule has 0 aromatic rings. The minimum atomic E-state index is -3.02. The standard InChI is InChI=1S/C9H19N2O3P/c1-4-5-10-6-8-11(9-7-10)15(12,13-2)14-3/h4H,1,5-9H2,2-3H3. The lowest BCUT2D eigenvalue weighted by atomic mass is 10.3. The van der Waals surface area contributed by atoms with Gasteiger partial charge in [0.1, 0.15) is 0 Å². The van der Waals surface area contributed by atoms with Crippen LogP contribution in [0.5, 0.6) is 0 Å². The first-order valence-electron chi connectivity index (χ1n) is 4.96. The molecule has 6 heteroatoms. The van der Waals surface area contributed by atoms with E-state index in [2.05, 4.69) is 11.5 Å². The zero-order chi connectivity index (χ0) is 11.3. The second-order valence-corrected chi connectivity index (χ2v) is 5.61. The van der Waals surface area contributed by atoms with Gasteiger partial charge < -0.3 is 0 Å². The molecule has 15 heavy (non-hydrogen) atoms. The predicted molar refractivity (Wildman–Crippen MR) is 59.8 cm³/mol. The molecule has 0 aromatic heterocycles. The van der Waals surface area contributed by atoms with E-state index in [0.29, 0.717) is 13.1 Å². The van der Waals surface area contributed by atoms with E-state index >= 15 is 0 Å². The molecule has 1 aliphatic rings. The molecular weight excluding hydrogens is 215 g/mol. The van der Waals surface area contributed by atoms with E-state index in [1.807, 2.05) is 6.08 Å². The van der Waals surface area contributed by atoms with Crippen molar-refractivity contribution in [2.24, 2.45) is 0 Å². The van der Waals surface area contributed by atoms with Crippen LogP contribution in [0.25, 0.3) is 0 Å². The molecule has 1 rings (SSSR count). The molecule has 0 amide bonds. The lowest BCUT2D eigenvalue weighted by molar-refractivity contribution is 0.150. The van der Waals surface area contributed by atoms with Gasteiger partial charge >= 0.3 is 7.75 Å². The predicted octanol–water partition coefficient (Wildman–Crippen LogP) is 1.19. The summed E-state index contributed by atoms with van der Waals surface area (Å²) in [5.74, 6) is 0. The molecule has 0 bridgehead atoms. The van der Waals surface area contributed by atoms with E-state index in [1.165, 1.54) is 14.2 Å². The summed E-state index contributed by atoms with van der Waals surface area (Å²) in [4.78, 5) is 2.25. The van der Waals surface area contributed by atoms with Crippen molar-refractivity contribution in [2.45, 2.75) is 0 Å². The quantitative estimate of drug-likeness (QED) is 0.528. The minimum absolute atomic E-state index is 0.701. The normalized spacial score (nSPS) is 20.4. The van der Waals surface area contributed by atoms with Crippen LogP contribution in [0.4, 0.5) is 0 Å². The fourth-order valence-electron chi connectivity index (χ4n) is 1.65. The molecule has 0 aliphatic carbocycles. The number of piperazine rings is 1. The highest BCUT2D eigenvalue weighted by molar-refractivity contribution is 7.51. The molecule has 0 saturated carbocycles. The summed E-state index contributed by atoms with van der Waals surface area (Å²) in [6.45, 7) is 7.70. The maximum absolute atomic E-state index is 12.0. The molecule has 0 atom stereocenters. The van der Waals surface area contributed by atoms with E-state index in [9.17, 15) is 4.57 Å². The van der Waals surface area contributed by atoms with Crippen LogP contribution in [0.3, 0.4) is 0 Å². The number of nitrogens with zero attached hydrogens (tertiary/aromatic N) is 2. The highest BCUT2D eigenvalue weighted by atomic mass is 31.2. The van der Waals surface area contributed by atoms with Crippen LogP contribution >= 0.6 is 7.75 Å². The van der Waals surface area contributed by atoms with Crippen LogP contribution in [0.2, 0.25) is 0 Å². The van der Waals surface area contributed by atoms with Crippen LogP contribution in [0, 0.1) is 0 Å². The van der Waals surface area contributed by atoms with E-state index in [4.69, 9.17) is 9.05 Å². The Balaban J connectivity index is 2.49. The molecule has 1 heterocycles. The molecule has 0 N–H and O–H groups in total. The van der Waals surface area contributed by atoms with Gasteiger partial charge in [-0.05, 0) is 0 Å². The zero-order valence-electron chi connectivity index (χ0n) is 9.39. The molecule has 0 spiro atoms. The van der Waals surface area contributed by atoms with Gasteiger partial charge in [0.2, 0.25) is 0 Å². The van der Waals surface area contributed by atoms with E-state index in [-0.39, 0.29) is 0 Å². The van der Waals surface area contributed by atoms with Gasteiger partial charge in [-0.25, -0.2) is 9.24 Å². The molecular formula is C9H19N2O3P. The van der Waals surface area contributed by atoms with Crippen molar-refractivity contribution in [3.63, 3.8) is 0 Å². The summed E-state index contributed by atoms with van der Waals surface area (Å²) in [5.41, 5.74) is 0. The first kappa shape index (κ1) is 12.9. The molecule has 88 valence electrons. The van der Waals surface area contributed by atoms with Crippen LogP contribution in [0.1, 0.15) is 0 Å². The SMILES string of the molecule is C=CCN1CCN(P(=O)(OC)OC)CC1. The number of hydrogen-bond donors (Lipinski definition) is 0. The highest BCUT2D eigenvalue weighted by Gasteiger charge is 2.33. The monoisotopic (exact) mass is 234 g/mol. The van der Waals surface area contributed by atoms with Gasteiger partial charge in [-0.2, -0.15) is 0 Å². The van der Waals surface area contributed by atoms with Crippen LogP contribution in [0.15, 0.2) is 12.7 Å². The van der Waals surface area contributed by atoms with Gasteiger partial charge in [-0.15, -0.1) is 6.58 Å². The summed E-state index contributed by atoms with van der Waals surface area (Å²) >= 11 is 0. The third-order valence-corrected chi connectivity index (χ3v) is 4.56. The van der Waals surface area contributed by atoms with Gasteiger partial charge in [0.25, 0.3) is 0 Å². The van der Waals surface area contributed by atoms with Crippen molar-refractivity contribution in [3.05, 3.63) is 12.7 Å². The van der Waals surface area contributed by atoms with Crippen molar-refractivity contribution in [3.8, 4) is 0 Å². The molecule has 0 radical (unpaired) electrons. The Kier molecular flexibility index (Phi) is 4.96. The third-order valence-electron chi connectivity index (χ3n) is 2.54. The van der Waals surface area contributed by atoms with Crippen molar-refractivity contribution in [1.82, 2.24) is 9.57 Å². The van der Waals surface area contributed by atoms with Gasteiger partial charge in [0.05, 0.1) is 0 Å². The highest BCUT2D eigenvalue weighted by Crippen LogP contribution is 2.50. The first-order chi connectivity index (χ1) is 7.16. The number of hydrogen-bond acceptors (Lipinski definition) is 4. The summed E-state index contributed by atoms with van der Waals surface area (Å²) in [5, 5.41) is 0. The van der Waals surface area contributed by atoms with Gasteiger partial charge in [0, 0.05) is 46.9 Å². The lowest BCUT2D eigenvalue weighted by Crippen LogP contribution is -2.44. The fraction of sp³-hybridized carbons (Fsp3) is 0.778. The third kappa shape index (κ3) is 3.13. The topological polar surface area (TPSA) is 42.0 Å². The second-order valence-electron chi connectivity index (χ2n) is 3.38. The van der Waals surface area contributed by atoms with Gasteiger partial charge in [0.15, 0.2) is 0 Å². The smallest absolute Gasteiger partial charge is 0.300 e. The maximum Gasteiger partial charge on any atom is 0.407 e. The van der Waals surface area contributed by atoms with Crippen molar-refractivity contribution in [1.29, 1.82) is 0 Å². The van der Waals surface area contributed by atoms with E-state index in [0.717, 1.165) is 19.6 Å². The summed E-state index contributed by atoms with van der Waals surface area (Å²) in [6.07, 6.45) is 1.88. The molecule has 0 aromatic carbocycles. The molecule has 0 unspecified atom stereocenters. The van der Waals surface area contributed by atoms with Crippen molar-refractivity contribution < 1.29 is 13.6 Å². The van der Waals surface area contributed by atoms with Crippen LogP contribution in [-0.2, 0) is 13.6 Å². The average Bonchev–Trinajstić information content (AvgIpc) is 2.29. The molecule has 5 nitrogen and oxygen atoms in total. The Labute approximate surface area is 91.2 Å². The Morgan fingerprint density at radius 2 is 1.80 bits per heavy atom. The summed E-state index contributed by atoms with van der Waals surface area (Å²) in [7, 11) is -0.187. The average molecular weight is 234 g/mol. The van der Waals surface area contributed by atoms with E-state index in [1.54, 1.807) is 4.67 Å². The maximum atomic E-state index is 12.0. The molecule has 1 saturated heterocycles. The Bertz CT molecular complexity index is 244. The lowest BCUT2D eigenvalue weighted by Gasteiger charge is -2.36. The van der Waals surface area contributed by atoms with Gasteiger partial charge in [-0.3, -0.25) is 13.9 Å². The minimum Gasteiger partial charge on any atom is -0.300 e. The van der Waals surface area contributed by atoms with Crippen LogP contribution in [-0.4, -0.2) is 56.5 Å². The number of rotatable bonds is 5. The summed E-state index contributed by atoms with van der Waals surface area (Å²) < 4.78 is 23.7. The molecule has 1 fully saturated rings. The second kappa shape index (κ2) is 5.77. The van der Waals surface area contributed by atoms with Crippen molar-refractivity contribution in [2.75, 3.05) is 46.9 Å². The fourth-order valence-corrected chi connectivity index (χ4v) is 2.93. The van der Waals surface area contributed by atoms with Gasteiger partial charge in [-0.1, -0.05) is 6.08 Å². The summed E-state index contributed by atoms with van der Waals surface area (Å²) in [6, 6.07) is 0. The Hall–Kier alpha value is -0.190. The van der Waals surface area contributed by atoms with E-state index < -0.39 is 7.75 Å².